The molecule has 0 aromatic heterocycles. The van der Waals surface area contributed by atoms with Gasteiger partial charge in [0.1, 0.15) is 42.8 Å². The molecule has 0 saturated carbocycles. The summed E-state index contributed by atoms with van der Waals surface area (Å²) in [7, 11) is 0. The number of aliphatic carboxylic acids is 1. The number of aliphatic hydroxyl groups excluding tert-OH is 3. The van der Waals surface area contributed by atoms with E-state index in [2.05, 4.69) is 27.8 Å². The molecule has 1 heterocycles. The lowest BCUT2D eigenvalue weighted by molar-refractivity contribution is -0.271. The Balaban J connectivity index is 2.40. The van der Waals surface area contributed by atoms with Crippen molar-refractivity contribution >= 4 is 35.5 Å². The van der Waals surface area contributed by atoms with Crippen LogP contribution < -0.4 is 31.7 Å². The van der Waals surface area contributed by atoms with Crippen molar-refractivity contribution in [2.75, 3.05) is 11.9 Å². The molecule has 1 saturated heterocycles. The summed E-state index contributed by atoms with van der Waals surface area (Å²) >= 11 is 0. The van der Waals surface area contributed by atoms with Gasteiger partial charge in [-0.25, -0.2) is 9.59 Å². The molecule has 1 aliphatic rings. The third-order valence-corrected chi connectivity index (χ3v) is 6.65. The summed E-state index contributed by atoms with van der Waals surface area (Å²) in [5.41, 5.74) is 5.43. The molecule has 4 amide bonds. The SMILES string of the molecule is C=CN[C@H](C(=O)N[C@@H](CCCNC(N)=O)C(=O)Nc1ccc(COC(C)=O)cc1O[C@@H]1O[C@H](C(=O)O)[C@@H](O)[C@H](O)[C@H]1O)C(C)C. The van der Waals surface area contributed by atoms with Gasteiger partial charge in [-0.1, -0.05) is 26.5 Å². The lowest BCUT2D eigenvalue weighted by atomic mass is 9.99. The van der Waals surface area contributed by atoms with Crippen LogP contribution in [0.2, 0.25) is 0 Å². The fourth-order valence-corrected chi connectivity index (χ4v) is 4.28. The highest BCUT2D eigenvalue weighted by Gasteiger charge is 2.48. The first-order chi connectivity index (χ1) is 21.2. The lowest BCUT2D eigenvalue weighted by Gasteiger charge is -2.38. The number of esters is 1. The van der Waals surface area contributed by atoms with Crippen LogP contribution in [0.4, 0.5) is 10.5 Å². The van der Waals surface area contributed by atoms with Gasteiger partial charge in [0, 0.05) is 13.5 Å². The molecule has 0 radical (unpaired) electrons. The number of hydrogen-bond donors (Lipinski definition) is 9. The monoisotopic (exact) mass is 639 g/mol. The zero-order valence-electron chi connectivity index (χ0n) is 25.1. The van der Waals surface area contributed by atoms with E-state index < -0.39 is 72.6 Å². The van der Waals surface area contributed by atoms with E-state index in [4.69, 9.17) is 19.9 Å². The number of nitrogens with two attached hydrogens (primary N) is 1. The molecule has 2 rings (SSSR count). The molecule has 1 aromatic carbocycles. The molecule has 1 aliphatic heterocycles. The van der Waals surface area contributed by atoms with Gasteiger partial charge in [0.15, 0.2) is 6.10 Å². The first-order valence-corrected chi connectivity index (χ1v) is 14.0. The Morgan fingerprint density at radius 1 is 1.09 bits per heavy atom. The number of ether oxygens (including phenoxy) is 3. The van der Waals surface area contributed by atoms with Crippen LogP contribution in [0.3, 0.4) is 0 Å². The molecule has 1 aromatic rings. The van der Waals surface area contributed by atoms with Crippen LogP contribution in [0.25, 0.3) is 0 Å². The highest BCUT2D eigenvalue weighted by atomic mass is 16.7. The van der Waals surface area contributed by atoms with Gasteiger partial charge in [0.25, 0.3) is 0 Å². The summed E-state index contributed by atoms with van der Waals surface area (Å²) in [5.74, 6) is -3.82. The molecule has 1 fully saturated rings. The first-order valence-electron chi connectivity index (χ1n) is 14.0. The number of anilines is 1. The number of rotatable bonds is 16. The van der Waals surface area contributed by atoms with Gasteiger partial charge >= 0.3 is 18.0 Å². The number of hydrogen-bond acceptors (Lipinski definition) is 12. The van der Waals surface area contributed by atoms with E-state index in [0.717, 1.165) is 0 Å². The lowest BCUT2D eigenvalue weighted by Crippen LogP contribution is -2.61. The Morgan fingerprint density at radius 3 is 2.36 bits per heavy atom. The molecular formula is C28H41N5O12. The van der Waals surface area contributed by atoms with Crippen LogP contribution in [-0.2, 0) is 35.3 Å². The summed E-state index contributed by atoms with van der Waals surface area (Å²) in [5, 5.41) is 50.6. The maximum Gasteiger partial charge on any atom is 0.335 e. The quantitative estimate of drug-likeness (QED) is 0.0749. The van der Waals surface area contributed by atoms with Gasteiger partial charge in [-0.15, -0.1) is 0 Å². The van der Waals surface area contributed by atoms with Gasteiger partial charge < -0.3 is 61.6 Å². The first kappa shape index (κ1) is 36.7. The van der Waals surface area contributed by atoms with Gasteiger partial charge in [-0.05, 0) is 42.7 Å². The van der Waals surface area contributed by atoms with Crippen molar-refractivity contribution in [1.29, 1.82) is 0 Å². The van der Waals surface area contributed by atoms with E-state index in [1.165, 1.54) is 31.3 Å². The number of aliphatic hydroxyl groups is 3. The molecule has 0 unspecified atom stereocenters. The van der Waals surface area contributed by atoms with E-state index >= 15 is 0 Å². The largest absolute Gasteiger partial charge is 0.479 e. The number of carbonyl (C=O) groups is 5. The van der Waals surface area contributed by atoms with Gasteiger partial charge in [0.05, 0.1) is 5.69 Å². The van der Waals surface area contributed by atoms with E-state index in [1.54, 1.807) is 13.8 Å². The second-order valence-corrected chi connectivity index (χ2v) is 10.5. The maximum absolute atomic E-state index is 13.5. The van der Waals surface area contributed by atoms with E-state index in [9.17, 15) is 44.4 Å². The van der Waals surface area contributed by atoms with Crippen LogP contribution in [0.5, 0.6) is 5.75 Å². The second-order valence-electron chi connectivity index (χ2n) is 10.5. The predicted octanol–water partition coefficient (Wildman–Crippen LogP) is -1.35. The highest BCUT2D eigenvalue weighted by molar-refractivity contribution is 5.99. The van der Waals surface area contributed by atoms with Crippen molar-refractivity contribution in [2.24, 2.45) is 11.7 Å². The average Bonchev–Trinajstić information content (AvgIpc) is 2.96. The Kier molecular flexibility index (Phi) is 14.0. The molecular weight excluding hydrogens is 598 g/mol. The van der Waals surface area contributed by atoms with Crippen LogP contribution in [0.1, 0.15) is 39.2 Å². The maximum atomic E-state index is 13.5. The zero-order valence-corrected chi connectivity index (χ0v) is 25.1. The van der Waals surface area contributed by atoms with Crippen LogP contribution in [0.15, 0.2) is 31.0 Å². The second kappa shape index (κ2) is 17.1. The number of carboxylic acids is 1. The number of urea groups is 1. The molecule has 250 valence electrons. The molecule has 0 aliphatic carbocycles. The van der Waals surface area contributed by atoms with Crippen molar-refractivity contribution < 1.29 is 58.6 Å². The van der Waals surface area contributed by atoms with Crippen LogP contribution >= 0.6 is 0 Å². The molecule has 0 spiro atoms. The Labute approximate surface area is 259 Å². The minimum Gasteiger partial charge on any atom is -0.479 e. The predicted molar refractivity (Wildman–Crippen MR) is 156 cm³/mol. The van der Waals surface area contributed by atoms with Crippen molar-refractivity contribution in [1.82, 2.24) is 16.0 Å². The van der Waals surface area contributed by atoms with Gasteiger partial charge in [-0.2, -0.15) is 0 Å². The Morgan fingerprint density at radius 2 is 1.78 bits per heavy atom. The summed E-state index contributed by atoms with van der Waals surface area (Å²) < 4.78 is 15.9. The number of benzene rings is 1. The average molecular weight is 640 g/mol. The molecule has 17 nitrogen and oxygen atoms in total. The number of amides is 4. The van der Waals surface area contributed by atoms with E-state index in [0.29, 0.717) is 5.56 Å². The molecule has 7 atom stereocenters. The topological polar surface area (TPSA) is 268 Å². The van der Waals surface area contributed by atoms with Crippen LogP contribution in [-0.4, -0.2) is 99.5 Å². The van der Waals surface area contributed by atoms with Gasteiger partial charge in [-0.3, -0.25) is 14.4 Å². The molecule has 0 bridgehead atoms. The van der Waals surface area contributed by atoms with Crippen molar-refractivity contribution in [2.45, 2.75) is 83.0 Å². The zero-order chi connectivity index (χ0) is 33.8. The number of carbonyl (C=O) groups excluding carboxylic acids is 4. The van der Waals surface area contributed by atoms with Crippen molar-refractivity contribution in [3.05, 3.63) is 36.5 Å². The smallest absolute Gasteiger partial charge is 0.335 e. The Bertz CT molecular complexity index is 1230. The van der Waals surface area contributed by atoms with Crippen molar-refractivity contribution in [3.63, 3.8) is 0 Å². The number of carboxylic acid groups (broad SMARTS) is 1. The van der Waals surface area contributed by atoms with Crippen molar-refractivity contribution in [3.8, 4) is 5.75 Å². The Hall–Kier alpha value is -4.45. The third kappa shape index (κ3) is 10.9. The van der Waals surface area contributed by atoms with Gasteiger partial charge in [0.2, 0.25) is 18.1 Å². The summed E-state index contributed by atoms with van der Waals surface area (Å²) in [6, 6.07) is 1.53. The molecule has 10 N–H and O–H groups in total. The fourth-order valence-electron chi connectivity index (χ4n) is 4.28. The normalized spacial score (nSPS) is 22.3. The van der Waals surface area contributed by atoms with E-state index in [1.807, 2.05) is 0 Å². The molecule has 45 heavy (non-hydrogen) atoms. The fraction of sp³-hybridized carbons (Fsp3) is 0.536. The highest BCUT2D eigenvalue weighted by Crippen LogP contribution is 2.31. The summed E-state index contributed by atoms with van der Waals surface area (Å²) in [4.78, 5) is 60.6. The number of primary amides is 1. The third-order valence-electron chi connectivity index (χ3n) is 6.65. The minimum atomic E-state index is -1.97. The number of nitrogens with one attached hydrogen (secondary N) is 4. The summed E-state index contributed by atoms with van der Waals surface area (Å²) in [6.07, 6.45) is -7.96. The molecule has 17 heteroatoms. The van der Waals surface area contributed by atoms with Crippen LogP contribution in [0, 0.1) is 5.92 Å². The standard InChI is InChI=1S/C28H41N5O12/c1-5-30-19(13(2)3)25(39)33-17(7-6-10-31-28(29)42)24(38)32-16-9-8-15(12-43-14(4)34)11-18(16)44-27-22(37)20(35)21(36)23(45-27)26(40)41/h5,8-9,11,13,17,19-23,27,30,35-37H,1,6-7,10,12H2,2-4H3,(H,32,38)(H,33,39)(H,40,41)(H3,29,31,42)/t17-,19-,20-,21-,22+,23-,27+/m0/s1. The van der Waals surface area contributed by atoms with E-state index in [-0.39, 0.29) is 43.3 Å². The minimum absolute atomic E-state index is 0.0333. The summed E-state index contributed by atoms with van der Waals surface area (Å²) in [6.45, 7) is 8.25.